The molecule has 1 aromatic heterocycles. The van der Waals surface area contributed by atoms with E-state index in [2.05, 4.69) is 20.7 Å². The van der Waals surface area contributed by atoms with Crippen LogP contribution in [0.1, 0.15) is 17.0 Å². The summed E-state index contributed by atoms with van der Waals surface area (Å²) in [7, 11) is 0. The molecule has 7 heteroatoms. The van der Waals surface area contributed by atoms with E-state index in [1.165, 1.54) is 17.4 Å². The van der Waals surface area contributed by atoms with E-state index in [0.29, 0.717) is 13.1 Å². The van der Waals surface area contributed by atoms with E-state index in [4.69, 9.17) is 0 Å². The third kappa shape index (κ3) is 2.25. The van der Waals surface area contributed by atoms with Crippen LogP contribution in [-0.2, 0) is 0 Å². The molecule has 7 nitrogen and oxygen atoms in total. The van der Waals surface area contributed by atoms with E-state index in [0.717, 1.165) is 6.42 Å². The van der Waals surface area contributed by atoms with Crippen LogP contribution in [0.5, 0.6) is 0 Å². The number of aromatic nitrogens is 2. The third-order valence-electron chi connectivity index (χ3n) is 2.09. The molecular weight excluding hydrogens is 210 g/mol. The lowest BCUT2D eigenvalue weighted by Gasteiger charge is -2.27. The van der Waals surface area contributed by atoms with Crippen LogP contribution in [-0.4, -0.2) is 40.0 Å². The molecule has 1 saturated heterocycles. The highest BCUT2D eigenvalue weighted by Gasteiger charge is 2.20. The summed E-state index contributed by atoms with van der Waals surface area (Å²) in [4.78, 5) is 30.5. The summed E-state index contributed by atoms with van der Waals surface area (Å²) in [5.41, 5.74) is 2.44. The summed E-state index contributed by atoms with van der Waals surface area (Å²) >= 11 is 0. The first kappa shape index (κ1) is 10.3. The standard InChI is InChI=1S/C9H11N5O2/c15-8(7-10-3-1-4-11-7)13-14-6-2-5-12-9(14)16/h1,3-4H,2,5-6H2,(H,12,16)(H,13,15). The van der Waals surface area contributed by atoms with Gasteiger partial charge in [0, 0.05) is 25.5 Å². The number of urea groups is 1. The zero-order chi connectivity index (χ0) is 11.4. The molecule has 0 atom stereocenters. The van der Waals surface area contributed by atoms with Crippen molar-refractivity contribution in [3.8, 4) is 0 Å². The summed E-state index contributed by atoms with van der Waals surface area (Å²) in [5.74, 6) is -0.446. The Hall–Kier alpha value is -2.18. The molecule has 0 spiro atoms. The molecule has 2 rings (SSSR count). The normalized spacial score (nSPS) is 15.5. The zero-order valence-electron chi connectivity index (χ0n) is 8.51. The van der Waals surface area contributed by atoms with Crippen LogP contribution in [0.3, 0.4) is 0 Å². The van der Waals surface area contributed by atoms with E-state index in [-0.39, 0.29) is 11.9 Å². The lowest BCUT2D eigenvalue weighted by atomic mass is 10.3. The van der Waals surface area contributed by atoms with Crippen LogP contribution in [0, 0.1) is 0 Å². The predicted molar refractivity (Wildman–Crippen MR) is 54.2 cm³/mol. The summed E-state index contributed by atoms with van der Waals surface area (Å²) in [5, 5.41) is 3.84. The van der Waals surface area contributed by atoms with Crippen molar-refractivity contribution in [2.45, 2.75) is 6.42 Å². The van der Waals surface area contributed by atoms with Crippen molar-refractivity contribution in [2.24, 2.45) is 0 Å². The maximum absolute atomic E-state index is 11.6. The number of nitrogens with one attached hydrogen (secondary N) is 2. The van der Waals surface area contributed by atoms with Crippen LogP contribution >= 0.6 is 0 Å². The Morgan fingerprint density at radius 2 is 2.19 bits per heavy atom. The molecule has 2 heterocycles. The molecule has 0 aromatic carbocycles. The summed E-state index contributed by atoms with van der Waals surface area (Å²) in [6, 6.07) is 1.31. The van der Waals surface area contributed by atoms with E-state index in [1.54, 1.807) is 6.07 Å². The van der Waals surface area contributed by atoms with Gasteiger partial charge < -0.3 is 5.32 Å². The zero-order valence-corrected chi connectivity index (χ0v) is 8.51. The average Bonchev–Trinajstić information content (AvgIpc) is 2.33. The highest BCUT2D eigenvalue weighted by molar-refractivity contribution is 5.91. The van der Waals surface area contributed by atoms with Crippen molar-refractivity contribution < 1.29 is 9.59 Å². The number of rotatable bonds is 2. The van der Waals surface area contributed by atoms with E-state index in [1.807, 2.05) is 0 Å². The van der Waals surface area contributed by atoms with Gasteiger partial charge in [-0.15, -0.1) is 0 Å². The molecule has 0 aliphatic carbocycles. The van der Waals surface area contributed by atoms with Gasteiger partial charge in [0.25, 0.3) is 0 Å². The minimum absolute atomic E-state index is 0.0425. The van der Waals surface area contributed by atoms with Gasteiger partial charge in [-0.3, -0.25) is 10.2 Å². The van der Waals surface area contributed by atoms with Crippen LogP contribution < -0.4 is 10.7 Å². The Bertz CT molecular complexity index is 394. The Balaban J connectivity index is 1.99. The van der Waals surface area contributed by atoms with Crippen molar-refractivity contribution in [1.82, 2.24) is 25.7 Å². The molecule has 84 valence electrons. The Labute approximate surface area is 91.8 Å². The number of carbonyl (C=O) groups is 2. The molecule has 3 amide bonds. The van der Waals surface area contributed by atoms with Crippen LogP contribution in [0.15, 0.2) is 18.5 Å². The van der Waals surface area contributed by atoms with Crippen molar-refractivity contribution in [3.63, 3.8) is 0 Å². The average molecular weight is 221 g/mol. The van der Waals surface area contributed by atoms with Gasteiger partial charge in [0.05, 0.1) is 0 Å². The smallest absolute Gasteiger partial charge is 0.336 e. The van der Waals surface area contributed by atoms with Crippen LogP contribution in [0.2, 0.25) is 0 Å². The first-order valence-electron chi connectivity index (χ1n) is 4.91. The second-order valence-electron chi connectivity index (χ2n) is 3.25. The minimum atomic E-state index is -0.488. The lowest BCUT2D eigenvalue weighted by Crippen LogP contribution is -2.55. The lowest BCUT2D eigenvalue weighted by molar-refractivity contribution is 0.0798. The highest BCUT2D eigenvalue weighted by atomic mass is 16.2. The molecule has 0 unspecified atom stereocenters. The second kappa shape index (κ2) is 4.56. The van der Waals surface area contributed by atoms with Crippen LogP contribution in [0.4, 0.5) is 4.79 Å². The summed E-state index contributed by atoms with van der Waals surface area (Å²) in [6.45, 7) is 1.12. The fourth-order valence-corrected chi connectivity index (χ4v) is 1.33. The van der Waals surface area contributed by atoms with Gasteiger partial charge >= 0.3 is 11.9 Å². The molecule has 0 saturated carbocycles. The number of hydrazine groups is 1. The molecule has 0 bridgehead atoms. The maximum Gasteiger partial charge on any atom is 0.336 e. The Morgan fingerprint density at radius 3 is 2.88 bits per heavy atom. The van der Waals surface area contributed by atoms with Gasteiger partial charge in [0.2, 0.25) is 5.82 Å². The topological polar surface area (TPSA) is 87.2 Å². The number of carbonyl (C=O) groups excluding carboxylic acids is 2. The largest absolute Gasteiger partial charge is 0.336 e. The summed E-state index contributed by atoms with van der Waals surface area (Å²) < 4.78 is 0. The fourth-order valence-electron chi connectivity index (χ4n) is 1.33. The second-order valence-corrected chi connectivity index (χ2v) is 3.25. The van der Waals surface area contributed by atoms with Crippen molar-refractivity contribution in [2.75, 3.05) is 13.1 Å². The Kier molecular flexibility index (Phi) is 2.95. The monoisotopic (exact) mass is 221 g/mol. The number of nitrogens with zero attached hydrogens (tertiary/aromatic N) is 3. The molecule has 2 N–H and O–H groups in total. The van der Waals surface area contributed by atoms with Gasteiger partial charge in [-0.2, -0.15) is 0 Å². The van der Waals surface area contributed by atoms with E-state index < -0.39 is 5.91 Å². The highest BCUT2D eigenvalue weighted by Crippen LogP contribution is 1.96. The summed E-state index contributed by atoms with van der Waals surface area (Å²) in [6.07, 6.45) is 3.73. The molecule has 1 aliphatic heterocycles. The van der Waals surface area contributed by atoms with Crippen molar-refractivity contribution in [1.29, 1.82) is 0 Å². The Morgan fingerprint density at radius 1 is 1.44 bits per heavy atom. The number of hydrogen-bond donors (Lipinski definition) is 2. The van der Waals surface area contributed by atoms with Gasteiger partial charge in [0.15, 0.2) is 0 Å². The minimum Gasteiger partial charge on any atom is -0.336 e. The van der Waals surface area contributed by atoms with Gasteiger partial charge in [-0.1, -0.05) is 0 Å². The molecule has 1 aromatic rings. The van der Waals surface area contributed by atoms with Gasteiger partial charge in [-0.25, -0.2) is 19.8 Å². The number of amides is 3. The van der Waals surface area contributed by atoms with Crippen molar-refractivity contribution >= 4 is 11.9 Å². The molecule has 1 fully saturated rings. The maximum atomic E-state index is 11.6. The van der Waals surface area contributed by atoms with E-state index >= 15 is 0 Å². The first-order chi connectivity index (χ1) is 7.77. The molecule has 16 heavy (non-hydrogen) atoms. The molecular formula is C9H11N5O2. The van der Waals surface area contributed by atoms with E-state index in [9.17, 15) is 9.59 Å². The fraction of sp³-hybridized carbons (Fsp3) is 0.333. The van der Waals surface area contributed by atoms with Crippen molar-refractivity contribution in [3.05, 3.63) is 24.3 Å². The quantitative estimate of drug-likeness (QED) is 0.707. The first-order valence-corrected chi connectivity index (χ1v) is 4.91. The van der Waals surface area contributed by atoms with Gasteiger partial charge in [-0.05, 0) is 12.5 Å². The number of hydrogen-bond acceptors (Lipinski definition) is 4. The van der Waals surface area contributed by atoms with Gasteiger partial charge in [0.1, 0.15) is 0 Å². The predicted octanol–water partition coefficient (Wildman–Crippen LogP) is -0.463. The molecule has 1 aliphatic rings. The van der Waals surface area contributed by atoms with Crippen LogP contribution in [0.25, 0.3) is 0 Å². The SMILES string of the molecule is O=C(NN1CCCNC1=O)c1ncccn1. The molecule has 0 radical (unpaired) electrons. The third-order valence-corrected chi connectivity index (χ3v) is 2.09.